The van der Waals surface area contributed by atoms with Crippen molar-refractivity contribution in [3.05, 3.63) is 52.3 Å². The summed E-state index contributed by atoms with van der Waals surface area (Å²) in [6.07, 6.45) is 4.24. The molecule has 0 unspecified atom stereocenters. The monoisotopic (exact) mass is 352 g/mol. The van der Waals surface area contributed by atoms with Crippen molar-refractivity contribution in [1.29, 1.82) is 0 Å². The molecule has 2 rings (SSSR count). The van der Waals surface area contributed by atoms with Crippen molar-refractivity contribution in [3.63, 3.8) is 0 Å². The molecule has 0 aliphatic heterocycles. The molecule has 1 aromatic heterocycles. The van der Waals surface area contributed by atoms with Crippen LogP contribution >= 0.6 is 15.9 Å². The molecule has 2 aromatic rings. The lowest BCUT2D eigenvalue weighted by Crippen LogP contribution is -2.18. The van der Waals surface area contributed by atoms with Crippen molar-refractivity contribution in [2.24, 2.45) is 0 Å². The van der Waals surface area contributed by atoms with E-state index in [1.165, 1.54) is 5.56 Å². The van der Waals surface area contributed by atoms with Crippen LogP contribution in [0.15, 0.2) is 41.1 Å². The van der Waals surface area contributed by atoms with Crippen molar-refractivity contribution < 1.29 is 9.47 Å². The van der Waals surface area contributed by atoms with Crippen LogP contribution in [-0.2, 0) is 17.8 Å². The summed E-state index contributed by atoms with van der Waals surface area (Å²) in [5.74, 6) is 0.909. The Hall–Kier alpha value is -1.30. The van der Waals surface area contributed by atoms with E-state index in [1.807, 2.05) is 12.1 Å². The van der Waals surface area contributed by atoms with Gasteiger partial charge in [-0.2, -0.15) is 0 Å². The molecule has 0 spiro atoms. The Kier molecular flexibility index (Phi) is 6.29. The minimum atomic E-state index is 0.732. The highest BCUT2D eigenvalue weighted by Gasteiger charge is 2.05. The second kappa shape index (κ2) is 8.22. The lowest BCUT2D eigenvalue weighted by Gasteiger charge is -2.10. The van der Waals surface area contributed by atoms with E-state index in [0.29, 0.717) is 0 Å². The molecule has 0 aliphatic carbocycles. The lowest BCUT2D eigenvalue weighted by molar-refractivity contribution is 0.199. The van der Waals surface area contributed by atoms with E-state index in [1.54, 1.807) is 14.2 Å². The first kappa shape index (κ1) is 16.1. The smallest absolute Gasteiger partial charge is 0.123 e. The predicted molar refractivity (Wildman–Crippen MR) is 87.8 cm³/mol. The Balaban J connectivity index is 1.97. The molecule has 0 atom stereocenters. The summed E-state index contributed by atoms with van der Waals surface area (Å²) >= 11 is 3.51. The molecule has 5 heteroatoms. The number of nitrogens with zero attached hydrogens (tertiary/aromatic N) is 1. The minimum Gasteiger partial charge on any atom is -0.496 e. The topological polar surface area (TPSA) is 35.4 Å². The van der Waals surface area contributed by atoms with E-state index in [2.05, 4.69) is 50.3 Å². The second-order valence-corrected chi connectivity index (χ2v) is 5.73. The maximum absolute atomic E-state index is 5.41. The van der Waals surface area contributed by atoms with Crippen molar-refractivity contribution >= 4 is 15.9 Å². The highest BCUT2D eigenvalue weighted by atomic mass is 79.9. The molecule has 0 fully saturated rings. The number of rotatable bonds is 8. The standard InChI is InChI=1S/C16H21BrN2O2/c1-20-8-6-18-10-13-5-7-19(11-13)12-14-9-15(17)3-4-16(14)21-2/h3-5,7,9,11,18H,6,8,10,12H2,1-2H3. The molecule has 1 aromatic carbocycles. The number of nitrogens with one attached hydrogen (secondary N) is 1. The summed E-state index contributed by atoms with van der Waals surface area (Å²) in [6, 6.07) is 8.19. The van der Waals surface area contributed by atoms with Gasteiger partial charge in [-0.3, -0.25) is 0 Å². The molecule has 1 N–H and O–H groups in total. The van der Waals surface area contributed by atoms with Crippen LogP contribution in [0, 0.1) is 0 Å². The normalized spacial score (nSPS) is 10.8. The minimum absolute atomic E-state index is 0.732. The third kappa shape index (κ3) is 4.88. The number of methoxy groups -OCH3 is 2. The van der Waals surface area contributed by atoms with E-state index >= 15 is 0 Å². The average Bonchev–Trinajstić information content (AvgIpc) is 2.91. The summed E-state index contributed by atoms with van der Waals surface area (Å²) < 4.78 is 13.7. The summed E-state index contributed by atoms with van der Waals surface area (Å²) in [7, 11) is 3.41. The predicted octanol–water partition coefficient (Wildman–Crippen LogP) is 3.04. The average molecular weight is 353 g/mol. The first-order valence-electron chi connectivity index (χ1n) is 6.89. The summed E-state index contributed by atoms with van der Waals surface area (Å²) in [6.45, 7) is 3.24. The quantitative estimate of drug-likeness (QED) is 0.741. The molecule has 0 saturated heterocycles. The van der Waals surface area contributed by atoms with E-state index in [-0.39, 0.29) is 0 Å². The highest BCUT2D eigenvalue weighted by molar-refractivity contribution is 9.10. The molecular formula is C16H21BrN2O2. The zero-order valence-electron chi connectivity index (χ0n) is 12.4. The van der Waals surface area contributed by atoms with Gasteiger partial charge in [-0.25, -0.2) is 0 Å². The molecule has 114 valence electrons. The highest BCUT2D eigenvalue weighted by Crippen LogP contribution is 2.24. The van der Waals surface area contributed by atoms with Crippen molar-refractivity contribution in [2.75, 3.05) is 27.4 Å². The van der Waals surface area contributed by atoms with Crippen LogP contribution in [0.3, 0.4) is 0 Å². The molecule has 0 radical (unpaired) electrons. The Labute approximate surface area is 134 Å². The third-order valence-corrected chi connectivity index (χ3v) is 3.71. The molecule has 1 heterocycles. The molecular weight excluding hydrogens is 332 g/mol. The molecule has 0 bridgehead atoms. The van der Waals surface area contributed by atoms with Gasteiger partial charge in [-0.1, -0.05) is 15.9 Å². The first-order valence-corrected chi connectivity index (χ1v) is 7.69. The van der Waals surface area contributed by atoms with E-state index in [4.69, 9.17) is 9.47 Å². The van der Waals surface area contributed by atoms with Gasteiger partial charge in [-0.05, 0) is 29.8 Å². The zero-order chi connectivity index (χ0) is 15.1. The fourth-order valence-corrected chi connectivity index (χ4v) is 2.58. The number of halogens is 1. The van der Waals surface area contributed by atoms with Crippen LogP contribution < -0.4 is 10.1 Å². The van der Waals surface area contributed by atoms with Gasteiger partial charge in [0.25, 0.3) is 0 Å². The van der Waals surface area contributed by atoms with Gasteiger partial charge >= 0.3 is 0 Å². The van der Waals surface area contributed by atoms with E-state index in [0.717, 1.165) is 42.0 Å². The molecule has 0 saturated carbocycles. The van der Waals surface area contributed by atoms with Gasteiger partial charge in [0.1, 0.15) is 5.75 Å². The van der Waals surface area contributed by atoms with Crippen molar-refractivity contribution in [2.45, 2.75) is 13.1 Å². The van der Waals surface area contributed by atoms with Gasteiger partial charge in [0.05, 0.1) is 20.3 Å². The Morgan fingerprint density at radius 2 is 2.10 bits per heavy atom. The van der Waals surface area contributed by atoms with Gasteiger partial charge in [0.15, 0.2) is 0 Å². The molecule has 21 heavy (non-hydrogen) atoms. The third-order valence-electron chi connectivity index (χ3n) is 3.22. The van der Waals surface area contributed by atoms with Crippen LogP contribution in [0.2, 0.25) is 0 Å². The lowest BCUT2D eigenvalue weighted by atomic mass is 10.2. The summed E-state index contributed by atoms with van der Waals surface area (Å²) in [5, 5.41) is 3.34. The van der Waals surface area contributed by atoms with Crippen LogP contribution in [0.1, 0.15) is 11.1 Å². The van der Waals surface area contributed by atoms with E-state index < -0.39 is 0 Å². The zero-order valence-corrected chi connectivity index (χ0v) is 14.0. The molecule has 0 aliphatic rings. The van der Waals surface area contributed by atoms with Crippen LogP contribution in [0.4, 0.5) is 0 Å². The summed E-state index contributed by atoms with van der Waals surface area (Å²) in [5.41, 5.74) is 2.42. The van der Waals surface area contributed by atoms with Gasteiger partial charge in [0.2, 0.25) is 0 Å². The number of ether oxygens (including phenoxy) is 2. The van der Waals surface area contributed by atoms with E-state index in [9.17, 15) is 0 Å². The fraction of sp³-hybridized carbons (Fsp3) is 0.375. The van der Waals surface area contributed by atoms with Crippen LogP contribution in [-0.4, -0.2) is 31.9 Å². The largest absolute Gasteiger partial charge is 0.496 e. The first-order chi connectivity index (χ1) is 10.2. The molecule has 0 amide bonds. The van der Waals surface area contributed by atoms with Crippen LogP contribution in [0.25, 0.3) is 0 Å². The SMILES string of the molecule is COCCNCc1ccn(Cc2cc(Br)ccc2OC)c1. The van der Waals surface area contributed by atoms with Gasteiger partial charge < -0.3 is 19.4 Å². The van der Waals surface area contributed by atoms with Crippen molar-refractivity contribution in [3.8, 4) is 5.75 Å². The molecule has 4 nitrogen and oxygen atoms in total. The van der Waals surface area contributed by atoms with Crippen molar-refractivity contribution in [1.82, 2.24) is 9.88 Å². The number of hydrogen-bond acceptors (Lipinski definition) is 3. The van der Waals surface area contributed by atoms with Gasteiger partial charge in [-0.15, -0.1) is 0 Å². The second-order valence-electron chi connectivity index (χ2n) is 4.82. The number of benzene rings is 1. The van der Waals surface area contributed by atoms with Gasteiger partial charge in [0, 0.05) is 42.6 Å². The number of aromatic nitrogens is 1. The summed E-state index contributed by atoms with van der Waals surface area (Å²) in [4.78, 5) is 0. The number of hydrogen-bond donors (Lipinski definition) is 1. The Bertz CT molecular complexity index is 569. The maximum atomic E-state index is 5.41. The maximum Gasteiger partial charge on any atom is 0.123 e. The van der Waals surface area contributed by atoms with Crippen LogP contribution in [0.5, 0.6) is 5.75 Å². The Morgan fingerprint density at radius 3 is 2.86 bits per heavy atom. The Morgan fingerprint density at radius 1 is 1.24 bits per heavy atom. The fourth-order valence-electron chi connectivity index (χ4n) is 2.17.